The minimum absolute atomic E-state index is 0.0272. The van der Waals surface area contributed by atoms with E-state index in [9.17, 15) is 19.1 Å². The Bertz CT molecular complexity index is 1110. The highest BCUT2D eigenvalue weighted by atomic mass is 28.3. The molecule has 10 heteroatoms. The van der Waals surface area contributed by atoms with Crippen molar-refractivity contribution in [3.8, 4) is 0 Å². The Morgan fingerprint density at radius 3 is 2.56 bits per heavy atom. The van der Waals surface area contributed by atoms with Gasteiger partial charge >= 0.3 is 6.03 Å². The minimum atomic E-state index is -1.74. The molecular formula is C24H34FN5O3Si. The number of H-pyrrole nitrogens is 1. The van der Waals surface area contributed by atoms with Crippen LogP contribution in [0.3, 0.4) is 0 Å². The van der Waals surface area contributed by atoms with E-state index in [1.165, 1.54) is 12.1 Å². The number of amides is 3. The molecule has 34 heavy (non-hydrogen) atoms. The number of aliphatic hydroxyl groups is 1. The predicted molar refractivity (Wildman–Crippen MR) is 130 cm³/mol. The van der Waals surface area contributed by atoms with Gasteiger partial charge in [0.2, 0.25) is 5.91 Å². The fraction of sp³-hybridized carbons (Fsp3) is 0.542. The van der Waals surface area contributed by atoms with Gasteiger partial charge in [-0.1, -0.05) is 38.2 Å². The number of benzene rings is 1. The molecule has 2 aliphatic rings. The largest absolute Gasteiger partial charge is 0.394 e. The van der Waals surface area contributed by atoms with E-state index in [0.717, 1.165) is 30.5 Å². The first kappa shape index (κ1) is 24.4. The Hall–Kier alpha value is -2.72. The number of fused-ring (bicyclic) bond motifs is 1. The van der Waals surface area contributed by atoms with Crippen molar-refractivity contribution in [2.45, 2.75) is 75.9 Å². The molecule has 1 aliphatic carbocycles. The normalized spacial score (nSPS) is 19.2. The van der Waals surface area contributed by atoms with Crippen molar-refractivity contribution in [1.29, 1.82) is 0 Å². The Kier molecular flexibility index (Phi) is 6.10. The lowest BCUT2D eigenvalue weighted by molar-refractivity contribution is -0.121. The number of aromatic nitrogens is 2. The molecule has 1 aromatic heterocycles. The third-order valence-corrected chi connectivity index (χ3v) is 11.4. The number of hydrogen-bond donors (Lipinski definition) is 4. The van der Waals surface area contributed by atoms with Crippen molar-refractivity contribution < 1.29 is 19.1 Å². The number of rotatable bonds is 6. The summed E-state index contributed by atoms with van der Waals surface area (Å²) in [4.78, 5) is 28.2. The second-order valence-electron chi connectivity index (χ2n) is 11.0. The van der Waals surface area contributed by atoms with Gasteiger partial charge in [-0.05, 0) is 44.4 Å². The van der Waals surface area contributed by atoms with Crippen molar-refractivity contribution in [3.63, 3.8) is 0 Å². The number of anilines is 1. The van der Waals surface area contributed by atoms with Gasteiger partial charge in [-0.3, -0.25) is 9.89 Å². The van der Waals surface area contributed by atoms with Crippen LogP contribution in [0.5, 0.6) is 0 Å². The first-order chi connectivity index (χ1) is 15.9. The summed E-state index contributed by atoms with van der Waals surface area (Å²) in [7, 11) is -1.74. The lowest BCUT2D eigenvalue weighted by atomic mass is 9.83. The van der Waals surface area contributed by atoms with Crippen LogP contribution in [-0.2, 0) is 16.9 Å². The smallest absolute Gasteiger partial charge is 0.319 e. The molecule has 0 bridgehead atoms. The van der Waals surface area contributed by atoms with Gasteiger partial charge in [0.05, 0.1) is 38.5 Å². The Morgan fingerprint density at radius 1 is 1.29 bits per heavy atom. The number of halogens is 1. The molecule has 3 amide bonds. The lowest BCUT2D eigenvalue weighted by Crippen LogP contribution is -2.52. The van der Waals surface area contributed by atoms with E-state index in [4.69, 9.17) is 0 Å². The van der Waals surface area contributed by atoms with Gasteiger partial charge in [-0.15, -0.1) is 0 Å². The van der Waals surface area contributed by atoms with Crippen LogP contribution in [0.4, 0.5) is 15.0 Å². The van der Waals surface area contributed by atoms with Gasteiger partial charge in [-0.2, -0.15) is 5.10 Å². The number of carbonyl (C=O) groups is 2. The second kappa shape index (κ2) is 8.49. The van der Waals surface area contributed by atoms with Crippen molar-refractivity contribution in [2.24, 2.45) is 0 Å². The Labute approximate surface area is 200 Å². The van der Waals surface area contributed by atoms with Crippen LogP contribution in [0.25, 0.3) is 0 Å². The van der Waals surface area contributed by atoms with Crippen LogP contribution in [0.1, 0.15) is 56.0 Å². The van der Waals surface area contributed by atoms with E-state index >= 15 is 0 Å². The highest BCUT2D eigenvalue weighted by Crippen LogP contribution is 2.56. The fourth-order valence-corrected chi connectivity index (χ4v) is 7.80. The van der Waals surface area contributed by atoms with E-state index in [2.05, 4.69) is 40.5 Å². The molecule has 0 saturated heterocycles. The third kappa shape index (κ3) is 3.92. The number of carbonyl (C=O) groups excluding carboxylic acids is 2. The molecule has 1 atom stereocenters. The van der Waals surface area contributed by atoms with Crippen molar-refractivity contribution in [2.75, 3.05) is 11.9 Å². The number of aliphatic hydroxyl groups excluding tert-OH is 1. The summed E-state index contributed by atoms with van der Waals surface area (Å²) in [6.45, 7) is 10.4. The monoisotopic (exact) mass is 487 g/mol. The van der Waals surface area contributed by atoms with Crippen LogP contribution >= 0.6 is 0 Å². The number of hydrogen-bond acceptors (Lipinski definition) is 4. The number of nitrogens with zero attached hydrogens (tertiary/aromatic N) is 2. The van der Waals surface area contributed by atoms with Crippen molar-refractivity contribution in [3.05, 3.63) is 46.9 Å². The number of aromatic amines is 1. The van der Waals surface area contributed by atoms with Gasteiger partial charge in [0.25, 0.3) is 0 Å². The molecule has 2 aromatic rings. The summed E-state index contributed by atoms with van der Waals surface area (Å²) >= 11 is 0. The summed E-state index contributed by atoms with van der Waals surface area (Å²) in [5.41, 5.74) is 1.31. The first-order valence-corrected chi connectivity index (χ1v) is 15.2. The van der Waals surface area contributed by atoms with Crippen molar-refractivity contribution >= 4 is 25.8 Å². The maximum Gasteiger partial charge on any atom is 0.319 e. The lowest BCUT2D eigenvalue weighted by Gasteiger charge is -2.48. The maximum absolute atomic E-state index is 13.7. The van der Waals surface area contributed by atoms with Crippen LogP contribution < -0.4 is 10.6 Å². The van der Waals surface area contributed by atoms with Gasteiger partial charge in [0.15, 0.2) is 5.82 Å². The predicted octanol–water partition coefficient (Wildman–Crippen LogP) is 4.24. The van der Waals surface area contributed by atoms with Crippen LogP contribution in [-0.4, -0.2) is 46.8 Å². The fourth-order valence-electron chi connectivity index (χ4n) is 5.20. The van der Waals surface area contributed by atoms with E-state index < -0.39 is 31.5 Å². The molecule has 2 heterocycles. The van der Waals surface area contributed by atoms with Gasteiger partial charge in [0.1, 0.15) is 5.82 Å². The van der Waals surface area contributed by atoms with Gasteiger partial charge in [-0.25, -0.2) is 9.18 Å². The summed E-state index contributed by atoms with van der Waals surface area (Å²) in [5.74, 6) is 0.0619. The molecule has 184 valence electrons. The third-order valence-electron chi connectivity index (χ3n) is 7.76. The zero-order chi connectivity index (χ0) is 24.9. The molecule has 1 saturated carbocycles. The van der Waals surface area contributed by atoms with Crippen LogP contribution in [0, 0.1) is 5.82 Å². The molecule has 4 N–H and O–H groups in total. The maximum atomic E-state index is 13.7. The van der Waals surface area contributed by atoms with Crippen LogP contribution in [0.15, 0.2) is 24.3 Å². The summed E-state index contributed by atoms with van der Waals surface area (Å²) < 4.78 is 13.7. The second-order valence-corrected chi connectivity index (χ2v) is 16.4. The highest BCUT2D eigenvalue weighted by molar-refractivity contribution is 6.83. The molecule has 0 spiro atoms. The number of nitrogens with one attached hydrogen (secondary N) is 3. The standard InChI is InChI=1S/C24H34FN5O3Si/c1-23(2)19-17(20(29-28-19)27-21(32)24(10-7-11-24)34(3,4)5)13-30(23)22(33)26-18(14-31)15-8-6-9-16(25)12-15/h6,8-9,12,18,31H,7,10-11,13-14H2,1-5H3,(H,26,33)(H2,27,28,29,32)/t18-/m1/s1. The highest BCUT2D eigenvalue weighted by Gasteiger charge is 2.54. The molecule has 0 unspecified atom stereocenters. The van der Waals surface area contributed by atoms with E-state index in [1.54, 1.807) is 17.0 Å². The molecule has 1 aliphatic heterocycles. The average molecular weight is 488 g/mol. The van der Waals surface area contributed by atoms with Gasteiger partial charge < -0.3 is 20.6 Å². The summed E-state index contributed by atoms with van der Waals surface area (Å²) in [6.07, 6.45) is 2.88. The van der Waals surface area contributed by atoms with E-state index in [1.807, 2.05) is 13.8 Å². The minimum Gasteiger partial charge on any atom is -0.394 e. The van der Waals surface area contributed by atoms with Gasteiger partial charge in [0, 0.05) is 10.6 Å². The molecular weight excluding hydrogens is 453 g/mol. The van der Waals surface area contributed by atoms with E-state index in [-0.39, 0.29) is 24.1 Å². The Balaban J connectivity index is 1.52. The molecule has 0 radical (unpaired) electrons. The van der Waals surface area contributed by atoms with E-state index in [0.29, 0.717) is 11.4 Å². The topological polar surface area (TPSA) is 110 Å². The SMILES string of the molecule is CC1(C)c2[nH]nc(NC(=O)C3([Si](C)(C)C)CCC3)c2CN1C(=O)N[C@H](CO)c1cccc(F)c1. The Morgan fingerprint density at radius 2 is 2.00 bits per heavy atom. The zero-order valence-electron chi connectivity index (χ0n) is 20.5. The average Bonchev–Trinajstić information content (AvgIpc) is 3.22. The molecule has 1 aromatic carbocycles. The quantitative estimate of drug-likeness (QED) is 0.457. The summed E-state index contributed by atoms with van der Waals surface area (Å²) in [5, 5.41) is 22.8. The first-order valence-electron chi connectivity index (χ1n) is 11.7. The zero-order valence-corrected chi connectivity index (χ0v) is 21.5. The molecule has 8 nitrogen and oxygen atoms in total. The summed E-state index contributed by atoms with van der Waals surface area (Å²) in [6, 6.07) is 4.67. The van der Waals surface area contributed by atoms with Crippen LogP contribution in [0.2, 0.25) is 24.7 Å². The molecule has 4 rings (SSSR count). The molecule has 1 fully saturated rings. The van der Waals surface area contributed by atoms with Crippen molar-refractivity contribution in [1.82, 2.24) is 20.4 Å². The number of urea groups is 1.